The Hall–Kier alpha value is -1.28. The summed E-state index contributed by atoms with van der Waals surface area (Å²) in [5, 5.41) is 3.40. The minimum absolute atomic E-state index is 0.141. The van der Waals surface area contributed by atoms with Gasteiger partial charge in [0.2, 0.25) is 5.91 Å². The SMILES string of the molecule is C/C=C/C(=O)Nc1cccc(Cl)c1C. The van der Waals surface area contributed by atoms with Crippen molar-refractivity contribution in [1.29, 1.82) is 0 Å². The lowest BCUT2D eigenvalue weighted by atomic mass is 10.2. The minimum atomic E-state index is -0.141. The van der Waals surface area contributed by atoms with Crippen LogP contribution < -0.4 is 5.32 Å². The molecule has 0 aliphatic rings. The summed E-state index contributed by atoms with van der Waals surface area (Å²) in [4.78, 5) is 11.2. The van der Waals surface area contributed by atoms with E-state index in [9.17, 15) is 4.79 Å². The number of hydrogen-bond acceptors (Lipinski definition) is 1. The largest absolute Gasteiger partial charge is 0.322 e. The van der Waals surface area contributed by atoms with Crippen LogP contribution in [0.5, 0.6) is 0 Å². The maximum Gasteiger partial charge on any atom is 0.248 e. The summed E-state index contributed by atoms with van der Waals surface area (Å²) in [6.07, 6.45) is 3.16. The molecule has 0 aliphatic heterocycles. The molecule has 0 saturated heterocycles. The first-order valence-electron chi connectivity index (χ1n) is 4.34. The van der Waals surface area contributed by atoms with Crippen molar-refractivity contribution >= 4 is 23.2 Å². The smallest absolute Gasteiger partial charge is 0.248 e. The summed E-state index contributed by atoms with van der Waals surface area (Å²) < 4.78 is 0. The molecule has 2 nitrogen and oxygen atoms in total. The van der Waals surface area contributed by atoms with E-state index in [1.54, 1.807) is 25.1 Å². The molecule has 1 aromatic carbocycles. The molecule has 0 unspecified atom stereocenters. The predicted molar refractivity (Wildman–Crippen MR) is 59.6 cm³/mol. The lowest BCUT2D eigenvalue weighted by Gasteiger charge is -2.07. The molecule has 3 heteroatoms. The molecule has 0 atom stereocenters. The summed E-state index contributed by atoms with van der Waals surface area (Å²) in [5.74, 6) is -0.141. The lowest BCUT2D eigenvalue weighted by molar-refractivity contribution is -0.111. The number of allylic oxidation sites excluding steroid dienone is 1. The van der Waals surface area contributed by atoms with Crippen LogP contribution in [-0.4, -0.2) is 5.91 Å². The quantitative estimate of drug-likeness (QED) is 0.745. The highest BCUT2D eigenvalue weighted by atomic mass is 35.5. The molecule has 14 heavy (non-hydrogen) atoms. The van der Waals surface area contributed by atoms with Crippen LogP contribution in [0.15, 0.2) is 30.4 Å². The third-order valence-electron chi connectivity index (χ3n) is 1.84. The molecular weight excluding hydrogens is 198 g/mol. The molecular formula is C11H12ClNO. The molecule has 74 valence electrons. The van der Waals surface area contributed by atoms with Gasteiger partial charge in [-0.1, -0.05) is 23.7 Å². The Bertz CT molecular complexity index is 372. The Balaban J connectivity index is 2.87. The van der Waals surface area contributed by atoms with E-state index in [2.05, 4.69) is 5.32 Å². The first kappa shape index (κ1) is 10.8. The summed E-state index contributed by atoms with van der Waals surface area (Å²) in [6, 6.07) is 5.42. The van der Waals surface area contributed by atoms with Crippen LogP contribution in [0.1, 0.15) is 12.5 Å². The van der Waals surface area contributed by atoms with Crippen LogP contribution in [0.25, 0.3) is 0 Å². The highest BCUT2D eigenvalue weighted by Gasteiger charge is 2.03. The van der Waals surface area contributed by atoms with Gasteiger partial charge in [-0.3, -0.25) is 4.79 Å². The summed E-state index contributed by atoms with van der Waals surface area (Å²) in [7, 11) is 0. The van der Waals surface area contributed by atoms with Crippen molar-refractivity contribution in [3.8, 4) is 0 Å². The molecule has 1 rings (SSSR count). The zero-order valence-electron chi connectivity index (χ0n) is 8.17. The molecule has 0 spiro atoms. The fourth-order valence-corrected chi connectivity index (χ4v) is 1.24. The molecule has 1 aromatic rings. The van der Waals surface area contributed by atoms with Gasteiger partial charge in [0.25, 0.3) is 0 Å². The number of carbonyl (C=O) groups is 1. The maximum absolute atomic E-state index is 11.2. The van der Waals surface area contributed by atoms with E-state index in [4.69, 9.17) is 11.6 Å². The molecule has 0 radical (unpaired) electrons. The van der Waals surface area contributed by atoms with Gasteiger partial charge in [-0.05, 0) is 37.6 Å². The molecule has 1 N–H and O–H groups in total. The second-order valence-corrected chi connectivity index (χ2v) is 3.31. The van der Waals surface area contributed by atoms with E-state index >= 15 is 0 Å². The van der Waals surface area contributed by atoms with Crippen LogP contribution in [0, 0.1) is 6.92 Å². The van der Waals surface area contributed by atoms with Crippen molar-refractivity contribution in [2.24, 2.45) is 0 Å². The van der Waals surface area contributed by atoms with E-state index in [0.29, 0.717) is 5.02 Å². The zero-order valence-corrected chi connectivity index (χ0v) is 8.93. The van der Waals surface area contributed by atoms with Crippen LogP contribution in [0.2, 0.25) is 5.02 Å². The van der Waals surface area contributed by atoms with E-state index in [-0.39, 0.29) is 5.91 Å². The van der Waals surface area contributed by atoms with Crippen LogP contribution in [0.4, 0.5) is 5.69 Å². The van der Waals surface area contributed by atoms with Crippen molar-refractivity contribution in [2.45, 2.75) is 13.8 Å². The zero-order chi connectivity index (χ0) is 10.6. The number of amides is 1. The molecule has 0 saturated carbocycles. The Kier molecular flexibility index (Phi) is 3.72. The average molecular weight is 210 g/mol. The standard InChI is InChI=1S/C11H12ClNO/c1-3-5-11(14)13-10-7-4-6-9(12)8(10)2/h3-7H,1-2H3,(H,13,14)/b5-3+. The third kappa shape index (κ3) is 2.60. The first-order chi connectivity index (χ1) is 6.65. The van der Waals surface area contributed by atoms with Crippen LogP contribution >= 0.6 is 11.6 Å². The fourth-order valence-electron chi connectivity index (χ4n) is 1.07. The van der Waals surface area contributed by atoms with Gasteiger partial charge in [0.1, 0.15) is 0 Å². The molecule has 1 amide bonds. The van der Waals surface area contributed by atoms with Gasteiger partial charge in [-0.2, -0.15) is 0 Å². The van der Waals surface area contributed by atoms with Gasteiger partial charge >= 0.3 is 0 Å². The number of hydrogen-bond donors (Lipinski definition) is 1. The van der Waals surface area contributed by atoms with Gasteiger partial charge in [0.05, 0.1) is 0 Å². The normalized spacial score (nSPS) is 10.5. The Morgan fingerprint density at radius 2 is 2.21 bits per heavy atom. The second kappa shape index (κ2) is 4.82. The maximum atomic E-state index is 11.2. The summed E-state index contributed by atoms with van der Waals surface area (Å²) in [6.45, 7) is 3.66. The second-order valence-electron chi connectivity index (χ2n) is 2.90. The highest BCUT2D eigenvalue weighted by molar-refractivity contribution is 6.31. The topological polar surface area (TPSA) is 29.1 Å². The molecule has 0 bridgehead atoms. The Morgan fingerprint density at radius 3 is 2.86 bits per heavy atom. The van der Waals surface area contributed by atoms with Gasteiger partial charge in [-0.25, -0.2) is 0 Å². The predicted octanol–water partition coefficient (Wildman–Crippen LogP) is 3.16. The number of anilines is 1. The van der Waals surface area contributed by atoms with Gasteiger partial charge < -0.3 is 5.32 Å². The molecule has 0 aliphatic carbocycles. The monoisotopic (exact) mass is 209 g/mol. The summed E-state index contributed by atoms with van der Waals surface area (Å²) in [5.41, 5.74) is 1.63. The van der Waals surface area contributed by atoms with Crippen molar-refractivity contribution in [1.82, 2.24) is 0 Å². The van der Waals surface area contributed by atoms with E-state index in [1.807, 2.05) is 13.0 Å². The number of benzene rings is 1. The van der Waals surface area contributed by atoms with Gasteiger partial charge in [0.15, 0.2) is 0 Å². The van der Waals surface area contributed by atoms with Crippen LogP contribution in [-0.2, 0) is 4.79 Å². The van der Waals surface area contributed by atoms with E-state index < -0.39 is 0 Å². The van der Waals surface area contributed by atoms with Crippen molar-refractivity contribution in [3.05, 3.63) is 40.9 Å². The molecule has 0 aromatic heterocycles. The number of carbonyl (C=O) groups excluding carboxylic acids is 1. The number of halogens is 1. The van der Waals surface area contributed by atoms with Crippen molar-refractivity contribution < 1.29 is 4.79 Å². The fraction of sp³-hybridized carbons (Fsp3) is 0.182. The van der Waals surface area contributed by atoms with Gasteiger partial charge in [0, 0.05) is 10.7 Å². The van der Waals surface area contributed by atoms with Crippen molar-refractivity contribution in [2.75, 3.05) is 5.32 Å². The highest BCUT2D eigenvalue weighted by Crippen LogP contribution is 2.22. The first-order valence-corrected chi connectivity index (χ1v) is 4.71. The minimum Gasteiger partial charge on any atom is -0.322 e. The number of nitrogens with one attached hydrogen (secondary N) is 1. The molecule has 0 fully saturated rings. The van der Waals surface area contributed by atoms with Gasteiger partial charge in [-0.15, -0.1) is 0 Å². The van der Waals surface area contributed by atoms with Crippen LogP contribution in [0.3, 0.4) is 0 Å². The Labute approximate surface area is 88.6 Å². The Morgan fingerprint density at radius 1 is 1.50 bits per heavy atom. The molecule has 0 heterocycles. The van der Waals surface area contributed by atoms with E-state index in [1.165, 1.54) is 6.08 Å². The average Bonchev–Trinajstić information content (AvgIpc) is 2.13. The lowest BCUT2D eigenvalue weighted by Crippen LogP contribution is -2.08. The van der Waals surface area contributed by atoms with Crippen molar-refractivity contribution in [3.63, 3.8) is 0 Å². The number of rotatable bonds is 2. The summed E-state index contributed by atoms with van der Waals surface area (Å²) >= 11 is 5.91. The van der Waals surface area contributed by atoms with E-state index in [0.717, 1.165) is 11.3 Å². The third-order valence-corrected chi connectivity index (χ3v) is 2.25.